The molecular formula is C21H36N4O3S. The van der Waals surface area contributed by atoms with E-state index in [0.717, 1.165) is 31.6 Å². The van der Waals surface area contributed by atoms with E-state index >= 15 is 0 Å². The van der Waals surface area contributed by atoms with Gasteiger partial charge in [-0.3, -0.25) is 4.79 Å². The van der Waals surface area contributed by atoms with E-state index in [1.165, 1.54) is 8.61 Å². The van der Waals surface area contributed by atoms with Crippen molar-refractivity contribution in [1.82, 2.24) is 13.5 Å². The lowest BCUT2D eigenvalue weighted by atomic mass is 10.1. The largest absolute Gasteiger partial charge is 0.372 e. The fraction of sp³-hybridized carbons (Fsp3) is 0.667. The second kappa shape index (κ2) is 10.9. The van der Waals surface area contributed by atoms with E-state index in [1.54, 1.807) is 4.90 Å². The molecule has 0 N–H and O–H groups in total. The summed E-state index contributed by atoms with van der Waals surface area (Å²) in [7, 11) is -3.44. The van der Waals surface area contributed by atoms with Gasteiger partial charge >= 0.3 is 0 Å². The molecule has 0 spiro atoms. The first kappa shape index (κ1) is 23.6. The lowest BCUT2D eigenvalue weighted by Crippen LogP contribution is -2.54. The highest BCUT2D eigenvalue weighted by Gasteiger charge is 2.32. The second-order valence-corrected chi connectivity index (χ2v) is 9.19. The van der Waals surface area contributed by atoms with E-state index in [9.17, 15) is 13.2 Å². The summed E-state index contributed by atoms with van der Waals surface area (Å²) in [6, 6.07) is 7.78. The molecule has 1 heterocycles. The van der Waals surface area contributed by atoms with Crippen molar-refractivity contribution < 1.29 is 13.2 Å². The molecule has 8 heteroatoms. The molecule has 0 radical (unpaired) electrons. The van der Waals surface area contributed by atoms with Gasteiger partial charge in [-0.15, -0.1) is 0 Å². The van der Waals surface area contributed by atoms with Crippen molar-refractivity contribution in [2.24, 2.45) is 0 Å². The molecule has 1 saturated heterocycles. The van der Waals surface area contributed by atoms with Crippen LogP contribution >= 0.6 is 0 Å². The Morgan fingerprint density at radius 2 is 1.52 bits per heavy atom. The number of hydrogen-bond donors (Lipinski definition) is 0. The fourth-order valence-electron chi connectivity index (χ4n) is 3.65. The summed E-state index contributed by atoms with van der Waals surface area (Å²) in [5.74, 6) is -0.0342. The van der Waals surface area contributed by atoms with Crippen LogP contribution in [0, 0.1) is 0 Å². The van der Waals surface area contributed by atoms with Crippen LogP contribution in [0.1, 0.15) is 50.9 Å². The van der Waals surface area contributed by atoms with E-state index in [4.69, 9.17) is 0 Å². The van der Waals surface area contributed by atoms with Gasteiger partial charge in [-0.25, -0.2) is 0 Å². The van der Waals surface area contributed by atoms with Crippen LogP contribution in [0.5, 0.6) is 0 Å². The van der Waals surface area contributed by atoms with Gasteiger partial charge in [0.25, 0.3) is 16.1 Å². The van der Waals surface area contributed by atoms with Gasteiger partial charge in [-0.05, 0) is 37.6 Å². The predicted molar refractivity (Wildman–Crippen MR) is 119 cm³/mol. The Labute approximate surface area is 176 Å². The number of rotatable bonds is 10. The van der Waals surface area contributed by atoms with E-state index in [0.29, 0.717) is 44.8 Å². The van der Waals surface area contributed by atoms with Gasteiger partial charge in [0.2, 0.25) is 0 Å². The molecule has 1 aromatic rings. The van der Waals surface area contributed by atoms with E-state index < -0.39 is 10.2 Å². The molecule has 1 fully saturated rings. The van der Waals surface area contributed by atoms with Crippen LogP contribution in [0.2, 0.25) is 0 Å². The molecule has 1 aliphatic heterocycles. The van der Waals surface area contributed by atoms with Gasteiger partial charge in [0.05, 0.1) is 0 Å². The number of nitrogens with zero attached hydrogens (tertiary/aromatic N) is 4. The molecule has 0 aromatic heterocycles. The van der Waals surface area contributed by atoms with Crippen molar-refractivity contribution in [3.8, 4) is 0 Å². The minimum atomic E-state index is -3.44. The van der Waals surface area contributed by atoms with Crippen LogP contribution in [0.4, 0.5) is 5.69 Å². The van der Waals surface area contributed by atoms with Crippen LogP contribution in [0.15, 0.2) is 24.3 Å². The Hall–Kier alpha value is -1.64. The van der Waals surface area contributed by atoms with E-state index in [2.05, 4.69) is 18.7 Å². The number of unbranched alkanes of at least 4 members (excludes halogenated alkanes) is 1. The van der Waals surface area contributed by atoms with Crippen molar-refractivity contribution in [2.45, 2.75) is 40.5 Å². The summed E-state index contributed by atoms with van der Waals surface area (Å²) >= 11 is 0. The molecule has 0 atom stereocenters. The van der Waals surface area contributed by atoms with Crippen LogP contribution in [0.3, 0.4) is 0 Å². The smallest absolute Gasteiger partial charge is 0.282 e. The van der Waals surface area contributed by atoms with Crippen LogP contribution in [-0.4, -0.2) is 80.2 Å². The summed E-state index contributed by atoms with van der Waals surface area (Å²) in [4.78, 5) is 16.9. The molecule has 0 unspecified atom stereocenters. The number of amides is 1. The monoisotopic (exact) mass is 424 g/mol. The summed E-state index contributed by atoms with van der Waals surface area (Å²) in [6.07, 6.45) is 2.30. The summed E-state index contributed by atoms with van der Waals surface area (Å²) < 4.78 is 28.2. The summed E-state index contributed by atoms with van der Waals surface area (Å²) in [6.45, 7) is 12.4. The highest BCUT2D eigenvalue weighted by atomic mass is 32.2. The standard InChI is InChI=1S/C21H36N4O3S/c1-5-9-14-22(6-2)20-12-10-19(11-13-20)21(26)23-15-17-25(18-16-23)29(27,28)24(7-3)8-4/h10-13H,5-9,14-18H2,1-4H3. The molecule has 0 bridgehead atoms. The number of piperazine rings is 1. The minimum Gasteiger partial charge on any atom is -0.372 e. The van der Waals surface area contributed by atoms with Crippen LogP contribution in [-0.2, 0) is 10.2 Å². The third-order valence-corrected chi connectivity index (χ3v) is 7.71. The zero-order valence-corrected chi connectivity index (χ0v) is 19.1. The molecule has 29 heavy (non-hydrogen) atoms. The number of carbonyl (C=O) groups excluding carboxylic acids is 1. The van der Waals surface area contributed by atoms with Gasteiger partial charge in [0.15, 0.2) is 0 Å². The van der Waals surface area contributed by atoms with Crippen molar-refractivity contribution in [3.05, 3.63) is 29.8 Å². The predicted octanol–water partition coefficient (Wildman–Crippen LogP) is 2.66. The molecule has 1 amide bonds. The van der Waals surface area contributed by atoms with Gasteiger partial charge in [0.1, 0.15) is 0 Å². The number of anilines is 1. The summed E-state index contributed by atoms with van der Waals surface area (Å²) in [5.41, 5.74) is 1.79. The van der Waals surface area contributed by atoms with Crippen molar-refractivity contribution in [1.29, 1.82) is 0 Å². The first-order valence-corrected chi connectivity index (χ1v) is 12.2. The zero-order valence-electron chi connectivity index (χ0n) is 18.3. The quantitative estimate of drug-likeness (QED) is 0.579. The molecule has 2 rings (SSSR count). The van der Waals surface area contributed by atoms with Crippen molar-refractivity contribution >= 4 is 21.8 Å². The Kier molecular flexibility index (Phi) is 8.92. The Morgan fingerprint density at radius 3 is 2.00 bits per heavy atom. The maximum Gasteiger partial charge on any atom is 0.282 e. The molecule has 164 valence electrons. The average molecular weight is 425 g/mol. The normalized spacial score (nSPS) is 15.7. The number of benzene rings is 1. The van der Waals surface area contributed by atoms with Gasteiger partial charge < -0.3 is 9.80 Å². The van der Waals surface area contributed by atoms with Crippen LogP contribution < -0.4 is 4.90 Å². The van der Waals surface area contributed by atoms with Crippen molar-refractivity contribution in [2.75, 3.05) is 57.3 Å². The highest BCUT2D eigenvalue weighted by molar-refractivity contribution is 7.86. The van der Waals surface area contributed by atoms with Gasteiger partial charge in [0, 0.05) is 63.6 Å². The SMILES string of the molecule is CCCCN(CC)c1ccc(C(=O)N2CCN(S(=O)(=O)N(CC)CC)CC2)cc1. The molecule has 0 saturated carbocycles. The maximum atomic E-state index is 12.9. The fourth-order valence-corrected chi connectivity index (χ4v) is 5.26. The third kappa shape index (κ3) is 5.71. The summed E-state index contributed by atoms with van der Waals surface area (Å²) in [5, 5.41) is 0. The second-order valence-electron chi connectivity index (χ2n) is 7.26. The molecule has 1 aromatic carbocycles. The zero-order chi connectivity index (χ0) is 21.4. The molecule has 0 aliphatic carbocycles. The maximum absolute atomic E-state index is 12.9. The van der Waals surface area contributed by atoms with Gasteiger partial charge in [-0.1, -0.05) is 27.2 Å². The van der Waals surface area contributed by atoms with E-state index in [1.807, 2.05) is 38.1 Å². The molecular weight excluding hydrogens is 388 g/mol. The molecule has 1 aliphatic rings. The highest BCUT2D eigenvalue weighted by Crippen LogP contribution is 2.18. The van der Waals surface area contributed by atoms with Crippen molar-refractivity contribution in [3.63, 3.8) is 0 Å². The lowest BCUT2D eigenvalue weighted by Gasteiger charge is -2.36. The Bertz CT molecular complexity index is 740. The van der Waals surface area contributed by atoms with E-state index in [-0.39, 0.29) is 5.91 Å². The van der Waals surface area contributed by atoms with Crippen LogP contribution in [0.25, 0.3) is 0 Å². The minimum absolute atomic E-state index is 0.0342. The first-order chi connectivity index (χ1) is 13.9. The number of carbonyl (C=O) groups is 1. The average Bonchev–Trinajstić information content (AvgIpc) is 2.75. The first-order valence-electron chi connectivity index (χ1n) is 10.8. The number of hydrogen-bond acceptors (Lipinski definition) is 4. The lowest BCUT2D eigenvalue weighted by molar-refractivity contribution is 0.0694. The Morgan fingerprint density at radius 1 is 0.931 bits per heavy atom. The Balaban J connectivity index is 1.98. The third-order valence-electron chi connectivity index (χ3n) is 5.53. The van der Waals surface area contributed by atoms with Gasteiger partial charge in [-0.2, -0.15) is 17.0 Å². The molecule has 7 nitrogen and oxygen atoms in total. The topological polar surface area (TPSA) is 64.2 Å².